The summed E-state index contributed by atoms with van der Waals surface area (Å²) >= 11 is 0. The Morgan fingerprint density at radius 1 is 1.38 bits per heavy atom. The standard InChI is InChI=1S/C17H22N2O2/c1-12-7-9-17(10-8-12,16(20)21)11-14-13-5-3-4-6-15(13)19(2)18-14/h3-6,12H,7-11H2,1-2H3,(H,20,21). The van der Waals surface area contributed by atoms with Crippen LogP contribution in [0.25, 0.3) is 10.9 Å². The Labute approximate surface area is 124 Å². The van der Waals surface area contributed by atoms with Gasteiger partial charge in [-0.05, 0) is 37.7 Å². The molecule has 21 heavy (non-hydrogen) atoms. The van der Waals surface area contributed by atoms with E-state index in [-0.39, 0.29) is 0 Å². The number of fused-ring (bicyclic) bond motifs is 1. The van der Waals surface area contributed by atoms with Gasteiger partial charge >= 0.3 is 5.97 Å². The average molecular weight is 286 g/mol. The number of hydrogen-bond acceptors (Lipinski definition) is 2. The number of carboxylic acids is 1. The minimum absolute atomic E-state index is 0.538. The van der Waals surface area contributed by atoms with Crippen molar-refractivity contribution < 1.29 is 9.90 Å². The summed E-state index contributed by atoms with van der Waals surface area (Å²) in [6.07, 6.45) is 4.05. The van der Waals surface area contributed by atoms with Gasteiger partial charge in [-0.15, -0.1) is 0 Å². The van der Waals surface area contributed by atoms with Crippen molar-refractivity contribution in [1.29, 1.82) is 0 Å². The Morgan fingerprint density at radius 2 is 2.05 bits per heavy atom. The minimum Gasteiger partial charge on any atom is -0.481 e. The van der Waals surface area contributed by atoms with Crippen molar-refractivity contribution in [3.05, 3.63) is 30.0 Å². The van der Waals surface area contributed by atoms with Gasteiger partial charge in [0.15, 0.2) is 0 Å². The van der Waals surface area contributed by atoms with Gasteiger partial charge in [-0.1, -0.05) is 25.1 Å². The summed E-state index contributed by atoms with van der Waals surface area (Å²) in [7, 11) is 1.92. The molecule has 0 radical (unpaired) electrons. The molecule has 1 aromatic carbocycles. The topological polar surface area (TPSA) is 55.1 Å². The number of aryl methyl sites for hydroxylation is 1. The molecule has 0 amide bonds. The molecule has 3 rings (SSSR count). The highest BCUT2D eigenvalue weighted by Gasteiger charge is 2.42. The van der Waals surface area contributed by atoms with Crippen molar-refractivity contribution in [1.82, 2.24) is 9.78 Å². The molecule has 1 aliphatic carbocycles. The molecular formula is C17H22N2O2. The molecule has 0 atom stereocenters. The molecule has 1 aromatic heterocycles. The molecule has 1 heterocycles. The van der Waals surface area contributed by atoms with E-state index in [9.17, 15) is 9.90 Å². The van der Waals surface area contributed by atoms with Crippen LogP contribution in [-0.2, 0) is 18.3 Å². The summed E-state index contributed by atoms with van der Waals surface area (Å²) in [6, 6.07) is 8.05. The Bertz CT molecular complexity index is 666. The third-order valence-corrected chi connectivity index (χ3v) is 5.03. The van der Waals surface area contributed by atoms with Crippen molar-refractivity contribution >= 4 is 16.9 Å². The van der Waals surface area contributed by atoms with Gasteiger partial charge in [0.05, 0.1) is 16.6 Å². The summed E-state index contributed by atoms with van der Waals surface area (Å²) in [6.45, 7) is 2.21. The maximum absolute atomic E-state index is 11.9. The second-order valence-electron chi connectivity index (χ2n) is 6.53. The van der Waals surface area contributed by atoms with E-state index in [1.807, 2.05) is 36.0 Å². The van der Waals surface area contributed by atoms with Gasteiger partial charge in [0, 0.05) is 18.9 Å². The van der Waals surface area contributed by atoms with Crippen LogP contribution in [-0.4, -0.2) is 20.9 Å². The summed E-state index contributed by atoms with van der Waals surface area (Å²) in [5, 5.41) is 15.4. The third kappa shape index (κ3) is 2.43. The zero-order valence-corrected chi connectivity index (χ0v) is 12.7. The maximum atomic E-state index is 11.9. The monoisotopic (exact) mass is 286 g/mol. The van der Waals surface area contributed by atoms with E-state index in [4.69, 9.17) is 0 Å². The molecule has 4 nitrogen and oxygen atoms in total. The fourth-order valence-electron chi connectivity index (χ4n) is 3.52. The van der Waals surface area contributed by atoms with Crippen LogP contribution in [0.2, 0.25) is 0 Å². The largest absolute Gasteiger partial charge is 0.481 e. The van der Waals surface area contributed by atoms with Crippen LogP contribution in [0, 0.1) is 11.3 Å². The first-order valence-corrected chi connectivity index (χ1v) is 7.66. The smallest absolute Gasteiger partial charge is 0.310 e. The number of aromatic nitrogens is 2. The van der Waals surface area contributed by atoms with Crippen LogP contribution >= 0.6 is 0 Å². The molecule has 0 saturated heterocycles. The third-order valence-electron chi connectivity index (χ3n) is 5.03. The Balaban J connectivity index is 1.97. The lowest BCUT2D eigenvalue weighted by molar-refractivity contribution is -0.151. The normalized spacial score (nSPS) is 26.1. The molecular weight excluding hydrogens is 264 g/mol. The van der Waals surface area contributed by atoms with Gasteiger partial charge in [0.2, 0.25) is 0 Å². The molecule has 1 fully saturated rings. The summed E-state index contributed by atoms with van der Waals surface area (Å²) in [5.41, 5.74) is 1.35. The number of carbonyl (C=O) groups is 1. The van der Waals surface area contributed by atoms with Crippen molar-refractivity contribution in [2.45, 2.75) is 39.0 Å². The minimum atomic E-state index is -0.663. The zero-order chi connectivity index (χ0) is 15.0. The van der Waals surface area contributed by atoms with Crippen molar-refractivity contribution in [2.24, 2.45) is 18.4 Å². The van der Waals surface area contributed by atoms with Crippen LogP contribution in [0.3, 0.4) is 0 Å². The molecule has 112 valence electrons. The molecule has 1 saturated carbocycles. The van der Waals surface area contributed by atoms with E-state index in [1.54, 1.807) is 0 Å². The number of nitrogens with zero attached hydrogens (tertiary/aromatic N) is 2. The number of carboxylic acid groups (broad SMARTS) is 1. The van der Waals surface area contributed by atoms with Crippen LogP contribution in [0.15, 0.2) is 24.3 Å². The van der Waals surface area contributed by atoms with Crippen molar-refractivity contribution in [3.8, 4) is 0 Å². The molecule has 0 spiro atoms. The van der Waals surface area contributed by atoms with Gasteiger partial charge in [0.25, 0.3) is 0 Å². The van der Waals surface area contributed by atoms with Crippen molar-refractivity contribution in [3.63, 3.8) is 0 Å². The average Bonchev–Trinajstić information content (AvgIpc) is 2.78. The number of para-hydroxylation sites is 1. The number of aliphatic carboxylic acids is 1. The Kier molecular flexibility index (Phi) is 3.47. The second kappa shape index (κ2) is 5.17. The molecule has 0 bridgehead atoms. The molecule has 0 aliphatic heterocycles. The SMILES string of the molecule is CC1CCC(Cc2nn(C)c3ccccc23)(C(=O)O)CC1. The van der Waals surface area contributed by atoms with E-state index in [1.165, 1.54) is 0 Å². The van der Waals surface area contributed by atoms with Gasteiger partial charge in [-0.3, -0.25) is 9.48 Å². The van der Waals surface area contributed by atoms with Gasteiger partial charge in [-0.2, -0.15) is 5.10 Å². The fourth-order valence-corrected chi connectivity index (χ4v) is 3.52. The highest BCUT2D eigenvalue weighted by molar-refractivity contribution is 5.83. The first-order valence-electron chi connectivity index (χ1n) is 7.66. The van der Waals surface area contributed by atoms with Crippen LogP contribution in [0.4, 0.5) is 0 Å². The molecule has 2 aromatic rings. The van der Waals surface area contributed by atoms with Gasteiger partial charge in [0.1, 0.15) is 0 Å². The predicted octanol–water partition coefficient (Wildman–Crippen LogP) is 3.40. The predicted molar refractivity (Wildman–Crippen MR) is 82.1 cm³/mol. The van der Waals surface area contributed by atoms with E-state index < -0.39 is 11.4 Å². The van der Waals surface area contributed by atoms with Crippen LogP contribution in [0.1, 0.15) is 38.3 Å². The van der Waals surface area contributed by atoms with Gasteiger partial charge < -0.3 is 5.11 Å². The second-order valence-corrected chi connectivity index (χ2v) is 6.53. The first kappa shape index (κ1) is 14.1. The Hall–Kier alpha value is -1.84. The van der Waals surface area contributed by atoms with Crippen LogP contribution in [0.5, 0.6) is 0 Å². The van der Waals surface area contributed by atoms with Crippen LogP contribution < -0.4 is 0 Å². The quantitative estimate of drug-likeness (QED) is 0.941. The molecule has 1 aliphatic rings. The van der Waals surface area contributed by atoms with E-state index >= 15 is 0 Å². The van der Waals surface area contributed by atoms with E-state index in [2.05, 4.69) is 12.0 Å². The lowest BCUT2D eigenvalue weighted by Crippen LogP contribution is -2.37. The lowest BCUT2D eigenvalue weighted by Gasteiger charge is -2.35. The number of hydrogen-bond donors (Lipinski definition) is 1. The Morgan fingerprint density at radius 3 is 2.71 bits per heavy atom. The summed E-state index contributed by atoms with van der Waals surface area (Å²) in [5.74, 6) is -0.0258. The summed E-state index contributed by atoms with van der Waals surface area (Å²) < 4.78 is 1.85. The van der Waals surface area contributed by atoms with Gasteiger partial charge in [-0.25, -0.2) is 0 Å². The molecule has 1 N–H and O–H groups in total. The first-order chi connectivity index (χ1) is 10.0. The summed E-state index contributed by atoms with van der Waals surface area (Å²) in [4.78, 5) is 11.9. The van der Waals surface area contributed by atoms with E-state index in [0.717, 1.165) is 42.3 Å². The number of rotatable bonds is 3. The zero-order valence-electron chi connectivity index (χ0n) is 12.7. The highest BCUT2D eigenvalue weighted by Crippen LogP contribution is 2.42. The molecule has 0 unspecified atom stereocenters. The molecule has 4 heteroatoms. The maximum Gasteiger partial charge on any atom is 0.310 e. The van der Waals surface area contributed by atoms with Crippen molar-refractivity contribution in [2.75, 3.05) is 0 Å². The lowest BCUT2D eigenvalue weighted by atomic mass is 9.68. The number of benzene rings is 1. The highest BCUT2D eigenvalue weighted by atomic mass is 16.4. The van der Waals surface area contributed by atoms with E-state index in [0.29, 0.717) is 12.3 Å². The fraction of sp³-hybridized carbons (Fsp3) is 0.529.